The molecule has 2 fully saturated rings. The van der Waals surface area contributed by atoms with Crippen LogP contribution in [0.4, 0.5) is 4.79 Å². The number of carbonyl (C=O) groups excluding carboxylic acids is 3. The van der Waals surface area contributed by atoms with Gasteiger partial charge in [-0.05, 0) is 54.7 Å². The van der Waals surface area contributed by atoms with Crippen LogP contribution >= 0.6 is 11.6 Å². The predicted octanol–water partition coefficient (Wildman–Crippen LogP) is 3.63. The van der Waals surface area contributed by atoms with E-state index in [1.807, 2.05) is 24.3 Å². The van der Waals surface area contributed by atoms with E-state index in [0.717, 1.165) is 12.0 Å². The van der Waals surface area contributed by atoms with Crippen molar-refractivity contribution in [3.05, 3.63) is 70.2 Å². The number of urea groups is 1. The van der Waals surface area contributed by atoms with Gasteiger partial charge in [0, 0.05) is 23.7 Å². The van der Waals surface area contributed by atoms with Gasteiger partial charge in [0.25, 0.3) is 11.8 Å². The van der Waals surface area contributed by atoms with E-state index >= 15 is 0 Å². The van der Waals surface area contributed by atoms with Crippen LogP contribution in [0.2, 0.25) is 5.02 Å². The standard InChI is InChI=1S/C23H24ClN3O3/c1-2-16-3-7-18(8-4-16)20(28)26-13-11-23(12-14-26)21(29)27(22(30)25-23)15-17-5-9-19(24)10-6-17/h3-10H,2,11-15H2,1H3,(H,25,30). The molecule has 2 aliphatic rings. The molecule has 0 aromatic heterocycles. The van der Waals surface area contributed by atoms with Crippen molar-refractivity contribution in [2.45, 2.75) is 38.3 Å². The summed E-state index contributed by atoms with van der Waals surface area (Å²) in [5.41, 5.74) is 1.74. The fourth-order valence-corrected chi connectivity index (χ4v) is 4.21. The van der Waals surface area contributed by atoms with Crippen LogP contribution in [0, 0.1) is 0 Å². The van der Waals surface area contributed by atoms with Crippen LogP contribution in [-0.4, -0.2) is 46.3 Å². The highest BCUT2D eigenvalue weighted by atomic mass is 35.5. The molecule has 2 heterocycles. The number of nitrogens with one attached hydrogen (secondary N) is 1. The topological polar surface area (TPSA) is 69.7 Å². The zero-order valence-corrected chi connectivity index (χ0v) is 17.6. The van der Waals surface area contributed by atoms with Crippen LogP contribution < -0.4 is 5.32 Å². The molecule has 2 saturated heterocycles. The second kappa shape index (κ2) is 8.11. The monoisotopic (exact) mass is 425 g/mol. The van der Waals surface area contributed by atoms with Gasteiger partial charge < -0.3 is 10.2 Å². The number of amides is 4. The first-order chi connectivity index (χ1) is 14.4. The zero-order chi connectivity index (χ0) is 21.3. The van der Waals surface area contributed by atoms with Gasteiger partial charge in [0.1, 0.15) is 5.54 Å². The summed E-state index contributed by atoms with van der Waals surface area (Å²) in [5, 5.41) is 3.49. The van der Waals surface area contributed by atoms with Gasteiger partial charge in [-0.2, -0.15) is 0 Å². The number of rotatable bonds is 4. The van der Waals surface area contributed by atoms with Crippen molar-refractivity contribution in [1.29, 1.82) is 0 Å². The Hall–Kier alpha value is -2.86. The molecular weight excluding hydrogens is 402 g/mol. The minimum Gasteiger partial charge on any atom is -0.338 e. The van der Waals surface area contributed by atoms with E-state index in [1.54, 1.807) is 29.2 Å². The Morgan fingerprint density at radius 3 is 2.20 bits per heavy atom. The van der Waals surface area contributed by atoms with E-state index < -0.39 is 5.54 Å². The number of hydrogen-bond donors (Lipinski definition) is 1. The molecule has 156 valence electrons. The first-order valence-corrected chi connectivity index (χ1v) is 10.6. The van der Waals surface area contributed by atoms with Crippen molar-refractivity contribution in [2.75, 3.05) is 13.1 Å². The van der Waals surface area contributed by atoms with Gasteiger partial charge in [0.05, 0.1) is 6.54 Å². The maximum atomic E-state index is 13.1. The van der Waals surface area contributed by atoms with E-state index in [0.29, 0.717) is 36.5 Å². The molecule has 0 atom stereocenters. The molecule has 4 amide bonds. The molecule has 4 rings (SSSR count). The molecule has 2 aromatic carbocycles. The van der Waals surface area contributed by atoms with Gasteiger partial charge in [-0.15, -0.1) is 0 Å². The molecular formula is C23H24ClN3O3. The van der Waals surface area contributed by atoms with E-state index in [1.165, 1.54) is 10.5 Å². The second-order valence-electron chi connectivity index (χ2n) is 7.87. The third kappa shape index (κ3) is 3.79. The minimum atomic E-state index is -0.924. The van der Waals surface area contributed by atoms with Gasteiger partial charge in [0.2, 0.25) is 0 Å². The maximum absolute atomic E-state index is 13.1. The highest BCUT2D eigenvalue weighted by Gasteiger charge is 2.52. The highest BCUT2D eigenvalue weighted by molar-refractivity contribution is 6.30. The lowest BCUT2D eigenvalue weighted by atomic mass is 9.87. The molecule has 2 aromatic rings. The quantitative estimate of drug-likeness (QED) is 0.760. The molecule has 30 heavy (non-hydrogen) atoms. The zero-order valence-electron chi connectivity index (χ0n) is 16.9. The van der Waals surface area contributed by atoms with Crippen molar-refractivity contribution >= 4 is 29.4 Å². The third-order valence-electron chi connectivity index (χ3n) is 6.01. The summed E-state index contributed by atoms with van der Waals surface area (Å²) < 4.78 is 0. The van der Waals surface area contributed by atoms with Crippen LogP contribution in [0.3, 0.4) is 0 Å². The smallest absolute Gasteiger partial charge is 0.325 e. The average Bonchev–Trinajstić information content (AvgIpc) is 2.99. The molecule has 0 bridgehead atoms. The summed E-state index contributed by atoms with van der Waals surface area (Å²) in [6.45, 7) is 3.13. The summed E-state index contributed by atoms with van der Waals surface area (Å²) in [7, 11) is 0. The molecule has 2 aliphatic heterocycles. The molecule has 6 nitrogen and oxygen atoms in total. The van der Waals surface area contributed by atoms with E-state index in [2.05, 4.69) is 12.2 Å². The number of likely N-dealkylation sites (tertiary alicyclic amines) is 1. The maximum Gasteiger partial charge on any atom is 0.325 e. The van der Waals surface area contributed by atoms with Crippen LogP contribution in [0.15, 0.2) is 48.5 Å². The van der Waals surface area contributed by atoms with Crippen molar-refractivity contribution in [1.82, 2.24) is 15.1 Å². The van der Waals surface area contributed by atoms with Crippen LogP contribution in [0.5, 0.6) is 0 Å². The Morgan fingerprint density at radius 1 is 1.00 bits per heavy atom. The summed E-state index contributed by atoms with van der Waals surface area (Å²) in [6, 6.07) is 14.3. The molecule has 0 saturated carbocycles. The number of halogens is 1. The Labute approximate surface area is 180 Å². The Morgan fingerprint density at radius 2 is 1.60 bits per heavy atom. The van der Waals surface area contributed by atoms with E-state index in [9.17, 15) is 14.4 Å². The lowest BCUT2D eigenvalue weighted by Gasteiger charge is -2.37. The number of benzene rings is 2. The lowest BCUT2D eigenvalue weighted by molar-refractivity contribution is -0.133. The number of imide groups is 1. The van der Waals surface area contributed by atoms with Crippen molar-refractivity contribution in [2.24, 2.45) is 0 Å². The SMILES string of the molecule is CCc1ccc(C(=O)N2CCC3(CC2)NC(=O)N(Cc2ccc(Cl)cc2)C3=O)cc1. The fraction of sp³-hybridized carbons (Fsp3) is 0.348. The van der Waals surface area contributed by atoms with Crippen LogP contribution in [-0.2, 0) is 17.8 Å². The molecule has 0 radical (unpaired) electrons. The molecule has 0 aliphatic carbocycles. The summed E-state index contributed by atoms with van der Waals surface area (Å²) in [5.74, 6) is -0.260. The van der Waals surface area contributed by atoms with E-state index in [-0.39, 0.29) is 24.4 Å². The molecule has 1 spiro atoms. The first-order valence-electron chi connectivity index (χ1n) is 10.2. The Bertz CT molecular complexity index is 964. The largest absolute Gasteiger partial charge is 0.338 e. The van der Waals surface area contributed by atoms with Crippen molar-refractivity contribution in [3.63, 3.8) is 0 Å². The van der Waals surface area contributed by atoms with Gasteiger partial charge in [-0.3, -0.25) is 14.5 Å². The van der Waals surface area contributed by atoms with E-state index in [4.69, 9.17) is 11.6 Å². The summed E-state index contributed by atoms with van der Waals surface area (Å²) in [6.07, 6.45) is 1.75. The minimum absolute atomic E-state index is 0.0395. The van der Waals surface area contributed by atoms with Crippen LogP contribution in [0.25, 0.3) is 0 Å². The van der Waals surface area contributed by atoms with Crippen molar-refractivity contribution in [3.8, 4) is 0 Å². The lowest BCUT2D eigenvalue weighted by Crippen LogP contribution is -2.55. The number of hydrogen-bond acceptors (Lipinski definition) is 3. The second-order valence-corrected chi connectivity index (χ2v) is 8.31. The highest BCUT2D eigenvalue weighted by Crippen LogP contribution is 2.31. The molecule has 0 unspecified atom stereocenters. The normalized spacial score (nSPS) is 18.1. The van der Waals surface area contributed by atoms with Gasteiger partial charge in [-0.1, -0.05) is 42.8 Å². The number of piperidine rings is 1. The number of nitrogens with zero attached hydrogens (tertiary/aromatic N) is 2. The first kappa shape index (κ1) is 20.4. The van der Waals surface area contributed by atoms with Gasteiger partial charge >= 0.3 is 6.03 Å². The Balaban J connectivity index is 1.41. The van der Waals surface area contributed by atoms with Crippen molar-refractivity contribution < 1.29 is 14.4 Å². The Kier molecular flexibility index (Phi) is 5.52. The van der Waals surface area contributed by atoms with Gasteiger partial charge in [-0.25, -0.2) is 4.79 Å². The van der Waals surface area contributed by atoms with Crippen LogP contribution in [0.1, 0.15) is 41.3 Å². The third-order valence-corrected chi connectivity index (χ3v) is 6.27. The summed E-state index contributed by atoms with van der Waals surface area (Å²) in [4.78, 5) is 41.4. The van der Waals surface area contributed by atoms with Gasteiger partial charge in [0.15, 0.2) is 0 Å². The summed E-state index contributed by atoms with van der Waals surface area (Å²) >= 11 is 5.91. The average molecular weight is 426 g/mol. The fourth-order valence-electron chi connectivity index (χ4n) is 4.09. The number of carbonyl (C=O) groups is 3. The number of aryl methyl sites for hydroxylation is 1. The predicted molar refractivity (Wildman–Crippen MR) is 114 cm³/mol. The molecule has 1 N–H and O–H groups in total. The molecule has 7 heteroatoms.